The summed E-state index contributed by atoms with van der Waals surface area (Å²) in [6.07, 6.45) is 4.41. The summed E-state index contributed by atoms with van der Waals surface area (Å²) in [6, 6.07) is 0.590. The van der Waals surface area contributed by atoms with Crippen LogP contribution in [0.4, 0.5) is 11.9 Å². The fraction of sp³-hybridized carbons (Fsp3) is 0.769. The van der Waals surface area contributed by atoms with E-state index in [9.17, 15) is 0 Å². The molecule has 0 radical (unpaired) electrons. The minimum Gasteiger partial charge on any atom is -0.463 e. The molecule has 1 saturated carbocycles. The highest BCUT2D eigenvalue weighted by atomic mass is 16.5. The number of hydrogen-bond acceptors (Lipinski definition) is 7. The second-order valence-electron chi connectivity index (χ2n) is 4.82. The van der Waals surface area contributed by atoms with Gasteiger partial charge in [0.25, 0.3) is 0 Å². The fourth-order valence-corrected chi connectivity index (χ4v) is 2.33. The Morgan fingerprint density at radius 3 is 2.70 bits per heavy atom. The molecule has 2 rings (SSSR count). The first-order valence-corrected chi connectivity index (χ1v) is 7.12. The molecule has 1 heterocycles. The lowest BCUT2D eigenvalue weighted by Gasteiger charge is -2.19. The Kier molecular flexibility index (Phi) is 5.34. The van der Waals surface area contributed by atoms with E-state index in [0.29, 0.717) is 24.5 Å². The van der Waals surface area contributed by atoms with Crippen LogP contribution < -0.4 is 15.4 Å². The summed E-state index contributed by atoms with van der Waals surface area (Å²) in [5, 5.41) is 6.25. The van der Waals surface area contributed by atoms with Crippen molar-refractivity contribution in [1.29, 1.82) is 0 Å². The topological polar surface area (TPSA) is 81.2 Å². The predicted molar refractivity (Wildman–Crippen MR) is 77.2 cm³/mol. The first-order valence-electron chi connectivity index (χ1n) is 7.12. The van der Waals surface area contributed by atoms with Gasteiger partial charge in [0.2, 0.25) is 11.9 Å². The summed E-state index contributed by atoms with van der Waals surface area (Å²) in [5.41, 5.74) is 0. The lowest BCUT2D eigenvalue weighted by molar-refractivity contribution is 0.101. The maximum absolute atomic E-state index is 5.48. The number of nitrogens with zero attached hydrogens (tertiary/aromatic N) is 3. The van der Waals surface area contributed by atoms with Crippen molar-refractivity contribution in [2.75, 3.05) is 31.4 Å². The van der Waals surface area contributed by atoms with Crippen LogP contribution in [0.5, 0.6) is 6.01 Å². The summed E-state index contributed by atoms with van der Waals surface area (Å²) in [5.74, 6) is 1.03. The second-order valence-corrected chi connectivity index (χ2v) is 4.82. The number of aromatic nitrogens is 3. The average Bonchev–Trinajstić information content (AvgIpc) is 2.92. The summed E-state index contributed by atoms with van der Waals surface area (Å²) >= 11 is 0. The van der Waals surface area contributed by atoms with E-state index in [1.165, 1.54) is 0 Å². The molecule has 0 saturated heterocycles. The largest absolute Gasteiger partial charge is 0.463 e. The third kappa shape index (κ3) is 3.69. The summed E-state index contributed by atoms with van der Waals surface area (Å²) in [7, 11) is 3.52. The molecule has 2 N–H and O–H groups in total. The Morgan fingerprint density at radius 1 is 1.20 bits per heavy atom. The van der Waals surface area contributed by atoms with Crippen LogP contribution in [-0.2, 0) is 4.74 Å². The minimum absolute atomic E-state index is 0.213. The lowest BCUT2D eigenvalue weighted by atomic mass is 10.2. The Labute approximate surface area is 119 Å². The molecular formula is C13H23N5O2. The van der Waals surface area contributed by atoms with Crippen LogP contribution in [0.1, 0.15) is 32.6 Å². The van der Waals surface area contributed by atoms with Crippen molar-refractivity contribution in [3.8, 4) is 6.01 Å². The fourth-order valence-electron chi connectivity index (χ4n) is 2.33. The minimum atomic E-state index is 0.213. The van der Waals surface area contributed by atoms with Crippen LogP contribution in [0.25, 0.3) is 0 Å². The van der Waals surface area contributed by atoms with E-state index in [-0.39, 0.29) is 12.1 Å². The highest BCUT2D eigenvalue weighted by Crippen LogP contribution is 2.24. The van der Waals surface area contributed by atoms with Crippen LogP contribution in [-0.4, -0.2) is 47.9 Å². The highest BCUT2D eigenvalue weighted by Gasteiger charge is 2.27. The van der Waals surface area contributed by atoms with Crippen molar-refractivity contribution in [3.63, 3.8) is 0 Å². The van der Waals surface area contributed by atoms with E-state index in [1.54, 1.807) is 14.2 Å². The Morgan fingerprint density at radius 2 is 2.00 bits per heavy atom. The smallest absolute Gasteiger partial charge is 0.323 e. The molecule has 7 nitrogen and oxygen atoms in total. The van der Waals surface area contributed by atoms with E-state index < -0.39 is 0 Å². The molecule has 1 aliphatic carbocycles. The van der Waals surface area contributed by atoms with Gasteiger partial charge in [0.15, 0.2) is 0 Å². The molecule has 1 aromatic rings. The molecule has 1 aliphatic rings. The maximum atomic E-state index is 5.48. The van der Waals surface area contributed by atoms with Gasteiger partial charge in [0, 0.05) is 14.2 Å². The molecule has 7 heteroatoms. The number of rotatable bonds is 7. The van der Waals surface area contributed by atoms with Gasteiger partial charge < -0.3 is 20.1 Å². The molecule has 2 atom stereocenters. The maximum Gasteiger partial charge on any atom is 0.323 e. The number of hydrogen-bond donors (Lipinski definition) is 2. The van der Waals surface area contributed by atoms with Crippen molar-refractivity contribution in [2.45, 2.75) is 44.8 Å². The molecule has 0 amide bonds. The van der Waals surface area contributed by atoms with Crippen LogP contribution in [0.2, 0.25) is 0 Å². The molecule has 112 valence electrons. The second kappa shape index (κ2) is 7.23. The number of methoxy groups -OCH3 is 1. The highest BCUT2D eigenvalue weighted by molar-refractivity contribution is 5.36. The molecule has 1 fully saturated rings. The summed E-state index contributed by atoms with van der Waals surface area (Å²) < 4.78 is 10.9. The van der Waals surface area contributed by atoms with Gasteiger partial charge in [0.1, 0.15) is 0 Å². The Bertz CT molecular complexity index is 429. The zero-order chi connectivity index (χ0) is 14.4. The quantitative estimate of drug-likeness (QED) is 0.787. The van der Waals surface area contributed by atoms with Gasteiger partial charge in [-0.3, -0.25) is 0 Å². The zero-order valence-electron chi connectivity index (χ0n) is 12.3. The van der Waals surface area contributed by atoms with E-state index >= 15 is 0 Å². The molecule has 0 aromatic carbocycles. The van der Waals surface area contributed by atoms with Crippen LogP contribution in [0.15, 0.2) is 0 Å². The van der Waals surface area contributed by atoms with Crippen molar-refractivity contribution in [1.82, 2.24) is 15.0 Å². The Hall–Kier alpha value is -1.63. The molecule has 0 aliphatic heterocycles. The third-order valence-electron chi connectivity index (χ3n) is 3.34. The van der Waals surface area contributed by atoms with Crippen molar-refractivity contribution in [2.24, 2.45) is 0 Å². The molecular weight excluding hydrogens is 258 g/mol. The zero-order valence-corrected chi connectivity index (χ0v) is 12.3. The number of ether oxygens (including phenoxy) is 2. The summed E-state index contributed by atoms with van der Waals surface area (Å²) in [6.45, 7) is 2.64. The van der Waals surface area contributed by atoms with E-state index in [4.69, 9.17) is 9.47 Å². The molecule has 20 heavy (non-hydrogen) atoms. The average molecular weight is 281 g/mol. The van der Waals surface area contributed by atoms with E-state index in [1.807, 2.05) is 6.92 Å². The van der Waals surface area contributed by atoms with Crippen molar-refractivity contribution in [3.05, 3.63) is 0 Å². The first-order chi connectivity index (χ1) is 9.76. The van der Waals surface area contributed by atoms with Gasteiger partial charge in [-0.05, 0) is 25.7 Å². The van der Waals surface area contributed by atoms with Gasteiger partial charge in [-0.25, -0.2) is 0 Å². The number of nitrogens with one attached hydrogen (secondary N) is 2. The van der Waals surface area contributed by atoms with Gasteiger partial charge >= 0.3 is 6.01 Å². The summed E-state index contributed by atoms with van der Waals surface area (Å²) in [4.78, 5) is 12.8. The van der Waals surface area contributed by atoms with Crippen molar-refractivity contribution < 1.29 is 9.47 Å². The monoisotopic (exact) mass is 281 g/mol. The SMILES string of the molecule is CCCOc1nc(NC)nc(NC2CCCC2OC)n1. The van der Waals surface area contributed by atoms with Gasteiger partial charge in [-0.15, -0.1) is 0 Å². The van der Waals surface area contributed by atoms with Crippen molar-refractivity contribution >= 4 is 11.9 Å². The van der Waals surface area contributed by atoms with Gasteiger partial charge in [0.05, 0.1) is 18.8 Å². The molecule has 1 aromatic heterocycles. The molecule has 2 unspecified atom stereocenters. The molecule has 0 bridgehead atoms. The normalized spacial score (nSPS) is 21.8. The van der Waals surface area contributed by atoms with Crippen LogP contribution in [0, 0.1) is 0 Å². The van der Waals surface area contributed by atoms with Crippen LogP contribution >= 0.6 is 0 Å². The number of anilines is 2. The van der Waals surface area contributed by atoms with E-state index in [0.717, 1.165) is 25.7 Å². The Balaban J connectivity index is 2.09. The van der Waals surface area contributed by atoms with Crippen LogP contribution in [0.3, 0.4) is 0 Å². The van der Waals surface area contributed by atoms with E-state index in [2.05, 4.69) is 25.6 Å². The van der Waals surface area contributed by atoms with Gasteiger partial charge in [-0.2, -0.15) is 15.0 Å². The standard InChI is InChI=1S/C13H23N5O2/c1-4-8-20-13-17-11(14-2)16-12(18-13)15-9-6-5-7-10(9)19-3/h9-10H,4-8H2,1-3H3,(H2,14,15,16,17,18). The lowest BCUT2D eigenvalue weighted by Crippen LogP contribution is -2.30. The third-order valence-corrected chi connectivity index (χ3v) is 3.34. The first kappa shape index (κ1) is 14.8. The van der Waals surface area contributed by atoms with Gasteiger partial charge in [-0.1, -0.05) is 6.92 Å². The predicted octanol–water partition coefficient (Wildman–Crippen LogP) is 1.68. The molecule has 0 spiro atoms.